The van der Waals surface area contributed by atoms with Crippen molar-refractivity contribution >= 4 is 46.8 Å². The number of rotatable bonds is 9. The molecule has 4 heterocycles. The van der Waals surface area contributed by atoms with Crippen molar-refractivity contribution < 1.29 is 23.6 Å². The van der Waals surface area contributed by atoms with Crippen LogP contribution in [0.2, 0.25) is 0 Å². The molecule has 2 N–H and O–H groups in total. The molecule has 0 spiro atoms. The van der Waals surface area contributed by atoms with Crippen LogP contribution in [0.15, 0.2) is 89.8 Å². The average Bonchev–Trinajstić information content (AvgIpc) is 3.90. The van der Waals surface area contributed by atoms with Gasteiger partial charge in [0.05, 0.1) is 6.20 Å². The largest absolute Gasteiger partial charge is 0.436 e. The second kappa shape index (κ2) is 17.0. The molecular formula is C36H41N5O5S. The van der Waals surface area contributed by atoms with E-state index in [0.29, 0.717) is 54.2 Å². The Bertz CT molecular complexity index is 1620. The Hall–Kier alpha value is -5.03. The van der Waals surface area contributed by atoms with Gasteiger partial charge in [-0.2, -0.15) is 0 Å². The fourth-order valence-electron chi connectivity index (χ4n) is 5.56. The van der Waals surface area contributed by atoms with Crippen molar-refractivity contribution in [2.24, 2.45) is 5.92 Å². The Morgan fingerprint density at radius 3 is 2.38 bits per heavy atom. The second-order valence-electron chi connectivity index (χ2n) is 11.3. The van der Waals surface area contributed by atoms with Crippen LogP contribution >= 0.6 is 11.3 Å². The normalized spacial score (nSPS) is 16.9. The van der Waals surface area contributed by atoms with E-state index in [9.17, 15) is 19.2 Å². The third kappa shape index (κ3) is 9.49. The van der Waals surface area contributed by atoms with E-state index in [1.54, 1.807) is 46.7 Å². The highest BCUT2D eigenvalue weighted by molar-refractivity contribution is 7.09. The van der Waals surface area contributed by atoms with Crippen LogP contribution in [0.4, 0.5) is 11.4 Å². The number of aromatic nitrogens is 1. The molecule has 2 fully saturated rings. The predicted molar refractivity (Wildman–Crippen MR) is 186 cm³/mol. The third-order valence-electron chi connectivity index (χ3n) is 7.88. The number of oxazole rings is 1. The zero-order valence-electron chi connectivity index (χ0n) is 26.8. The molecule has 0 aliphatic carbocycles. The molecule has 2 atom stereocenters. The lowest BCUT2D eigenvalue weighted by atomic mass is 10.1. The Morgan fingerprint density at radius 2 is 1.77 bits per heavy atom. The van der Waals surface area contributed by atoms with E-state index in [1.165, 1.54) is 11.8 Å². The van der Waals surface area contributed by atoms with Gasteiger partial charge in [-0.25, -0.2) is 4.98 Å². The van der Waals surface area contributed by atoms with Gasteiger partial charge >= 0.3 is 0 Å². The molecule has 246 valence electrons. The average molecular weight is 656 g/mol. The van der Waals surface area contributed by atoms with E-state index in [-0.39, 0.29) is 11.8 Å². The van der Waals surface area contributed by atoms with Crippen LogP contribution in [-0.2, 0) is 25.6 Å². The molecular weight excluding hydrogens is 614 g/mol. The maximum absolute atomic E-state index is 12.6. The first-order valence-electron chi connectivity index (χ1n) is 15.6. The first kappa shape index (κ1) is 34.8. The maximum atomic E-state index is 12.6. The summed E-state index contributed by atoms with van der Waals surface area (Å²) in [6.45, 7) is 12.1. The van der Waals surface area contributed by atoms with E-state index in [4.69, 9.17) is 4.42 Å². The van der Waals surface area contributed by atoms with Crippen LogP contribution in [0, 0.1) is 5.92 Å². The van der Waals surface area contributed by atoms with Gasteiger partial charge in [0.15, 0.2) is 5.76 Å². The maximum Gasteiger partial charge on any atom is 0.247 e. The van der Waals surface area contributed by atoms with Gasteiger partial charge < -0.3 is 24.9 Å². The van der Waals surface area contributed by atoms with Crippen molar-refractivity contribution in [2.75, 3.05) is 30.3 Å². The van der Waals surface area contributed by atoms with Gasteiger partial charge in [-0.15, -0.1) is 24.5 Å². The molecule has 2 saturated heterocycles. The van der Waals surface area contributed by atoms with Crippen molar-refractivity contribution in [1.29, 1.82) is 0 Å². The minimum absolute atomic E-state index is 0.0798. The van der Waals surface area contributed by atoms with Gasteiger partial charge in [-0.05, 0) is 85.2 Å². The summed E-state index contributed by atoms with van der Waals surface area (Å²) in [6, 6.07) is 18.2. The van der Waals surface area contributed by atoms with Crippen LogP contribution in [0.25, 0.3) is 22.8 Å². The van der Waals surface area contributed by atoms with Crippen LogP contribution in [0.5, 0.6) is 0 Å². The SMILES string of the molecule is C=C.CC(=O)N1CCC[C@H]1C(=O)Nc1ccc(-c2cnc(-c3ccc(NC=O)cc3)o2)cc1.CC1CC(=O)N(CCc2cccs2)C1. The van der Waals surface area contributed by atoms with Crippen LogP contribution in [0.1, 0.15) is 38.0 Å². The predicted octanol–water partition coefficient (Wildman–Crippen LogP) is 6.49. The molecule has 2 aliphatic heterocycles. The van der Waals surface area contributed by atoms with Gasteiger partial charge in [0.2, 0.25) is 30.0 Å². The molecule has 10 nitrogen and oxygen atoms in total. The number of nitrogens with one attached hydrogen (secondary N) is 2. The number of carbonyl (C=O) groups is 4. The summed E-state index contributed by atoms with van der Waals surface area (Å²) in [5.41, 5.74) is 2.95. The molecule has 11 heteroatoms. The lowest BCUT2D eigenvalue weighted by molar-refractivity contribution is -0.134. The summed E-state index contributed by atoms with van der Waals surface area (Å²) in [4.78, 5) is 55.5. The van der Waals surface area contributed by atoms with Crippen LogP contribution in [0.3, 0.4) is 0 Å². The number of likely N-dealkylation sites (tertiary alicyclic amines) is 2. The topological polar surface area (TPSA) is 125 Å². The molecule has 47 heavy (non-hydrogen) atoms. The highest BCUT2D eigenvalue weighted by atomic mass is 32.1. The number of hydrogen-bond donors (Lipinski definition) is 2. The highest BCUT2D eigenvalue weighted by Crippen LogP contribution is 2.28. The summed E-state index contributed by atoms with van der Waals surface area (Å²) >= 11 is 1.77. The van der Waals surface area contributed by atoms with Gasteiger partial charge in [-0.1, -0.05) is 13.0 Å². The van der Waals surface area contributed by atoms with Crippen LogP contribution < -0.4 is 10.6 Å². The fraction of sp³-hybridized carbons (Fsp3) is 0.306. The Morgan fingerprint density at radius 1 is 1.06 bits per heavy atom. The van der Waals surface area contributed by atoms with Crippen molar-refractivity contribution in [1.82, 2.24) is 14.8 Å². The van der Waals surface area contributed by atoms with Gasteiger partial charge in [0.25, 0.3) is 0 Å². The lowest BCUT2D eigenvalue weighted by Crippen LogP contribution is -2.42. The first-order valence-corrected chi connectivity index (χ1v) is 16.4. The van der Waals surface area contributed by atoms with Crippen molar-refractivity contribution in [3.63, 3.8) is 0 Å². The summed E-state index contributed by atoms with van der Waals surface area (Å²) in [7, 11) is 0. The van der Waals surface area contributed by atoms with Gasteiger partial charge in [0.1, 0.15) is 6.04 Å². The Kier molecular flexibility index (Phi) is 12.6. The van der Waals surface area contributed by atoms with E-state index < -0.39 is 6.04 Å². The zero-order valence-corrected chi connectivity index (χ0v) is 27.6. The summed E-state index contributed by atoms with van der Waals surface area (Å²) in [6.07, 6.45) is 5.53. The summed E-state index contributed by atoms with van der Waals surface area (Å²) in [5.74, 6) is 1.69. The van der Waals surface area contributed by atoms with Crippen molar-refractivity contribution in [2.45, 2.75) is 45.6 Å². The van der Waals surface area contributed by atoms with Crippen molar-refractivity contribution in [3.8, 4) is 22.8 Å². The quantitative estimate of drug-likeness (QED) is 0.157. The molecule has 2 aromatic heterocycles. The van der Waals surface area contributed by atoms with E-state index in [2.05, 4.69) is 53.2 Å². The second-order valence-corrected chi connectivity index (χ2v) is 12.3. The number of carbonyl (C=O) groups excluding carboxylic acids is 4. The molecule has 2 aromatic carbocycles. The standard InChI is InChI=1S/C23H22N4O4.C11H15NOS.C2H4/c1-15(29)27-12-2-3-20(27)22(30)26-19-10-4-16(5-11-19)21-13-24-23(31-21)17-6-8-18(9-7-17)25-14-28;1-9-7-11(13)12(8-9)5-4-10-3-2-6-14-10;1-2/h4-11,13-14,20H,2-3,12H2,1H3,(H,25,28)(H,26,30);2-3,6,9H,4-5,7-8H2,1H3;1-2H2/t20-;;/m0../s1. The van der Waals surface area contributed by atoms with Crippen LogP contribution in [-0.4, -0.2) is 64.6 Å². The van der Waals surface area contributed by atoms with Crippen molar-refractivity contribution in [3.05, 3.63) is 90.3 Å². The summed E-state index contributed by atoms with van der Waals surface area (Å²) in [5, 5.41) is 7.55. The number of benzene rings is 2. The molecule has 1 unspecified atom stereocenters. The number of nitrogens with zero attached hydrogens (tertiary/aromatic N) is 3. The van der Waals surface area contributed by atoms with Gasteiger partial charge in [-0.3, -0.25) is 19.2 Å². The molecule has 0 radical (unpaired) electrons. The molecule has 2 aliphatic rings. The molecule has 4 amide bonds. The monoisotopic (exact) mass is 655 g/mol. The third-order valence-corrected chi connectivity index (χ3v) is 8.81. The minimum Gasteiger partial charge on any atom is -0.436 e. The molecule has 4 aromatic rings. The first-order chi connectivity index (χ1) is 22.8. The number of anilines is 2. The Labute approximate surface area is 279 Å². The fourth-order valence-corrected chi connectivity index (χ4v) is 6.26. The number of hydrogen-bond acceptors (Lipinski definition) is 7. The van der Waals surface area contributed by atoms with E-state index >= 15 is 0 Å². The van der Waals surface area contributed by atoms with Gasteiger partial charge in [0, 0.05) is 60.4 Å². The molecule has 6 rings (SSSR count). The van der Waals surface area contributed by atoms with E-state index in [0.717, 1.165) is 43.5 Å². The Balaban J connectivity index is 0.000000260. The smallest absolute Gasteiger partial charge is 0.247 e. The summed E-state index contributed by atoms with van der Waals surface area (Å²) < 4.78 is 5.87. The molecule has 0 saturated carbocycles. The number of amides is 4. The minimum atomic E-state index is -0.415. The number of thiophene rings is 1. The lowest BCUT2D eigenvalue weighted by Gasteiger charge is -2.22. The van der Waals surface area contributed by atoms with E-state index in [1.807, 2.05) is 29.2 Å². The highest BCUT2D eigenvalue weighted by Gasteiger charge is 2.32. The zero-order chi connectivity index (χ0) is 33.8. The molecule has 0 bridgehead atoms.